The molecule has 0 unspecified atom stereocenters. The molecule has 1 aromatic carbocycles. The molecule has 0 atom stereocenters. The number of nitriles is 1. The highest BCUT2D eigenvalue weighted by Gasteiger charge is 2.24. The van der Waals surface area contributed by atoms with Crippen LogP contribution in [0, 0.1) is 30.0 Å². The van der Waals surface area contributed by atoms with Crippen molar-refractivity contribution in [1.29, 1.82) is 5.26 Å². The minimum Gasteiger partial charge on any atom is -0.494 e. The Morgan fingerprint density at radius 2 is 1.92 bits per heavy atom. The Morgan fingerprint density at radius 1 is 1.32 bits per heavy atom. The van der Waals surface area contributed by atoms with Gasteiger partial charge in [-0.05, 0) is 36.1 Å². The van der Waals surface area contributed by atoms with Crippen molar-refractivity contribution in [1.82, 2.24) is 4.57 Å². The summed E-state index contributed by atoms with van der Waals surface area (Å²) in [6.45, 7) is 5.14. The van der Waals surface area contributed by atoms with Gasteiger partial charge in [-0.3, -0.25) is 14.2 Å². The molecule has 0 amide bonds. The fraction of sp³-hybridized carbons (Fsp3) is 0.316. The molecule has 1 heterocycles. The van der Waals surface area contributed by atoms with Gasteiger partial charge in [-0.15, -0.1) is 0 Å². The molecule has 1 aromatic heterocycles. The molecule has 0 aliphatic carbocycles. The third-order valence-corrected chi connectivity index (χ3v) is 3.93. The Morgan fingerprint density at radius 3 is 2.44 bits per heavy atom. The van der Waals surface area contributed by atoms with Crippen LogP contribution >= 0.6 is 0 Å². The summed E-state index contributed by atoms with van der Waals surface area (Å²) in [6.07, 6.45) is 0.189. The third-order valence-electron chi connectivity index (χ3n) is 3.93. The van der Waals surface area contributed by atoms with Gasteiger partial charge in [-0.1, -0.05) is 26.0 Å². The molecule has 1 N–H and O–H groups in total. The monoisotopic (exact) mass is 342 g/mol. The molecule has 6 heteroatoms. The van der Waals surface area contributed by atoms with Crippen molar-refractivity contribution in [2.45, 2.75) is 33.7 Å². The minimum atomic E-state index is -0.678. The van der Waals surface area contributed by atoms with Gasteiger partial charge in [0.25, 0.3) is 5.56 Å². The molecule has 25 heavy (non-hydrogen) atoms. The molecule has 0 spiro atoms. The first kappa shape index (κ1) is 18.4. The van der Waals surface area contributed by atoms with Crippen LogP contribution in [-0.2, 0) is 6.54 Å². The number of Topliss-reactive ketones (excluding diaryl/α,β-unsaturated/α-hetero) is 1. The summed E-state index contributed by atoms with van der Waals surface area (Å²) in [4.78, 5) is 25.0. The van der Waals surface area contributed by atoms with Gasteiger partial charge in [0.2, 0.25) is 5.88 Å². The van der Waals surface area contributed by atoms with Crippen LogP contribution in [0.5, 0.6) is 5.88 Å². The predicted octanol–water partition coefficient (Wildman–Crippen LogP) is 3.15. The number of hydrogen-bond acceptors (Lipinski definition) is 4. The Kier molecular flexibility index (Phi) is 5.38. The van der Waals surface area contributed by atoms with Gasteiger partial charge in [0.15, 0.2) is 5.78 Å². The number of rotatable bonds is 5. The Balaban J connectivity index is 2.63. The number of hydrogen-bond donors (Lipinski definition) is 1. The van der Waals surface area contributed by atoms with Crippen molar-refractivity contribution in [3.8, 4) is 11.9 Å². The quantitative estimate of drug-likeness (QED) is 0.846. The standard InChI is InChI=1S/C19H19FN2O3/c1-11(2)8-16(23)17-12(3)15(9-21)18(24)22(19(17)25)10-13-4-6-14(20)7-5-13/h4-7,11,25H,8,10H2,1-3H3. The second-order valence-electron chi connectivity index (χ2n) is 6.35. The number of benzene rings is 1. The lowest BCUT2D eigenvalue weighted by molar-refractivity contribution is 0.0963. The molecule has 0 aliphatic rings. The second-order valence-corrected chi connectivity index (χ2v) is 6.35. The van der Waals surface area contributed by atoms with E-state index < -0.39 is 17.3 Å². The maximum Gasteiger partial charge on any atom is 0.271 e. The van der Waals surface area contributed by atoms with Crippen LogP contribution in [0.15, 0.2) is 29.1 Å². The lowest BCUT2D eigenvalue weighted by atomic mass is 9.96. The molecule has 0 radical (unpaired) electrons. The van der Waals surface area contributed by atoms with E-state index >= 15 is 0 Å². The van der Waals surface area contributed by atoms with Gasteiger partial charge < -0.3 is 5.11 Å². The number of pyridine rings is 1. The maximum absolute atomic E-state index is 13.0. The van der Waals surface area contributed by atoms with Gasteiger partial charge in [-0.2, -0.15) is 5.26 Å². The maximum atomic E-state index is 13.0. The highest BCUT2D eigenvalue weighted by atomic mass is 19.1. The summed E-state index contributed by atoms with van der Waals surface area (Å²) in [5, 5.41) is 19.8. The van der Waals surface area contributed by atoms with E-state index in [0.717, 1.165) is 4.57 Å². The van der Waals surface area contributed by atoms with E-state index in [9.17, 15) is 24.3 Å². The fourth-order valence-corrected chi connectivity index (χ4v) is 2.68. The van der Waals surface area contributed by atoms with Crippen molar-refractivity contribution in [3.05, 3.63) is 62.7 Å². The lowest BCUT2D eigenvalue weighted by Gasteiger charge is -2.16. The number of halogens is 1. The smallest absolute Gasteiger partial charge is 0.271 e. The van der Waals surface area contributed by atoms with Crippen LogP contribution in [0.2, 0.25) is 0 Å². The summed E-state index contributed by atoms with van der Waals surface area (Å²) in [6, 6.07) is 7.24. The number of ketones is 1. The molecule has 0 aliphatic heterocycles. The largest absolute Gasteiger partial charge is 0.494 e. The topological polar surface area (TPSA) is 83.1 Å². The number of carbonyl (C=O) groups is 1. The van der Waals surface area contributed by atoms with E-state index in [4.69, 9.17) is 0 Å². The second kappa shape index (κ2) is 7.31. The van der Waals surface area contributed by atoms with E-state index in [1.54, 1.807) is 0 Å². The number of carbonyl (C=O) groups excluding carboxylic acids is 1. The molecule has 5 nitrogen and oxygen atoms in total. The number of aromatic nitrogens is 1. The zero-order valence-electron chi connectivity index (χ0n) is 14.3. The van der Waals surface area contributed by atoms with E-state index in [-0.39, 0.29) is 41.4 Å². The van der Waals surface area contributed by atoms with E-state index in [2.05, 4.69) is 0 Å². The van der Waals surface area contributed by atoms with Crippen molar-refractivity contribution < 1.29 is 14.3 Å². The highest BCUT2D eigenvalue weighted by molar-refractivity contribution is 6.00. The molecular formula is C19H19FN2O3. The van der Waals surface area contributed by atoms with Gasteiger partial charge in [0, 0.05) is 6.42 Å². The van der Waals surface area contributed by atoms with Crippen LogP contribution in [0.25, 0.3) is 0 Å². The third kappa shape index (κ3) is 3.77. The predicted molar refractivity (Wildman–Crippen MR) is 91.1 cm³/mol. The van der Waals surface area contributed by atoms with Gasteiger partial charge in [-0.25, -0.2) is 4.39 Å². The van der Waals surface area contributed by atoms with Crippen molar-refractivity contribution >= 4 is 5.78 Å². The molecule has 0 bridgehead atoms. The summed E-state index contributed by atoms with van der Waals surface area (Å²) >= 11 is 0. The zero-order chi connectivity index (χ0) is 18.7. The highest BCUT2D eigenvalue weighted by Crippen LogP contribution is 2.25. The first-order valence-electron chi connectivity index (χ1n) is 7.90. The molecule has 2 rings (SSSR count). The summed E-state index contributed by atoms with van der Waals surface area (Å²) in [5.41, 5.74) is -0.110. The summed E-state index contributed by atoms with van der Waals surface area (Å²) in [7, 11) is 0. The van der Waals surface area contributed by atoms with Crippen LogP contribution < -0.4 is 5.56 Å². The van der Waals surface area contributed by atoms with E-state index in [1.807, 2.05) is 19.9 Å². The van der Waals surface area contributed by atoms with E-state index in [0.29, 0.717) is 5.56 Å². The van der Waals surface area contributed by atoms with Crippen LogP contribution in [0.4, 0.5) is 4.39 Å². The number of aromatic hydroxyl groups is 1. The van der Waals surface area contributed by atoms with Crippen LogP contribution in [0.1, 0.15) is 47.3 Å². The molecule has 2 aromatic rings. The summed E-state index contributed by atoms with van der Waals surface area (Å²) < 4.78 is 14.0. The van der Waals surface area contributed by atoms with E-state index in [1.165, 1.54) is 31.2 Å². The first-order valence-corrected chi connectivity index (χ1v) is 7.90. The van der Waals surface area contributed by atoms with Crippen molar-refractivity contribution in [2.24, 2.45) is 5.92 Å². The SMILES string of the molecule is Cc1c(C(=O)CC(C)C)c(O)n(Cc2ccc(F)cc2)c(=O)c1C#N. The molecule has 0 saturated carbocycles. The zero-order valence-corrected chi connectivity index (χ0v) is 14.3. The average molecular weight is 342 g/mol. The van der Waals surface area contributed by atoms with Gasteiger partial charge in [0.05, 0.1) is 12.1 Å². The lowest BCUT2D eigenvalue weighted by Crippen LogP contribution is -2.27. The fourth-order valence-electron chi connectivity index (χ4n) is 2.68. The van der Waals surface area contributed by atoms with Gasteiger partial charge >= 0.3 is 0 Å². The molecule has 0 saturated heterocycles. The molecule has 0 fully saturated rings. The minimum absolute atomic E-state index is 0.00744. The van der Waals surface area contributed by atoms with Gasteiger partial charge in [0.1, 0.15) is 17.4 Å². The molecular weight excluding hydrogens is 323 g/mol. The Bertz CT molecular complexity index is 906. The number of nitrogens with zero attached hydrogens (tertiary/aromatic N) is 2. The first-order chi connectivity index (χ1) is 11.8. The van der Waals surface area contributed by atoms with Crippen molar-refractivity contribution in [3.63, 3.8) is 0 Å². The van der Waals surface area contributed by atoms with Crippen LogP contribution in [0.3, 0.4) is 0 Å². The van der Waals surface area contributed by atoms with Crippen LogP contribution in [-0.4, -0.2) is 15.5 Å². The average Bonchev–Trinajstić information content (AvgIpc) is 2.53. The Labute approximate surface area is 145 Å². The Hall–Kier alpha value is -2.94. The molecule has 130 valence electrons. The van der Waals surface area contributed by atoms with Crippen molar-refractivity contribution in [2.75, 3.05) is 0 Å². The summed E-state index contributed by atoms with van der Waals surface area (Å²) in [5.74, 6) is -1.14. The normalized spacial score (nSPS) is 10.7.